The van der Waals surface area contributed by atoms with Crippen LogP contribution in [0.3, 0.4) is 0 Å². The van der Waals surface area contributed by atoms with Crippen LogP contribution < -0.4 is 0 Å². The zero-order valence-corrected chi connectivity index (χ0v) is 14.5. The van der Waals surface area contributed by atoms with Crippen LogP contribution in [0.1, 0.15) is 51.1 Å². The molecule has 0 amide bonds. The molecular formula is C18H21BrFNO. The zero-order valence-electron chi connectivity index (χ0n) is 12.9. The molecule has 0 bridgehead atoms. The molecule has 0 spiro atoms. The lowest BCUT2D eigenvalue weighted by molar-refractivity contribution is -0.00171. The number of aliphatic hydroxyl groups is 1. The monoisotopic (exact) mass is 365 g/mol. The SMILES string of the molecule is CC(C)(O)C1CCC(c2ccc3cc(Br)cc(F)c3n2)CC1. The molecule has 2 nitrogen and oxygen atoms in total. The minimum Gasteiger partial charge on any atom is -0.390 e. The number of hydrogen-bond donors (Lipinski definition) is 1. The van der Waals surface area contributed by atoms with Crippen LogP contribution in [0.5, 0.6) is 0 Å². The zero-order chi connectivity index (χ0) is 15.9. The summed E-state index contributed by atoms with van der Waals surface area (Å²) in [6.45, 7) is 3.78. The van der Waals surface area contributed by atoms with Crippen molar-refractivity contribution in [3.63, 3.8) is 0 Å². The van der Waals surface area contributed by atoms with E-state index in [1.54, 1.807) is 0 Å². The van der Waals surface area contributed by atoms with Gasteiger partial charge in [0.25, 0.3) is 0 Å². The third kappa shape index (κ3) is 3.18. The Morgan fingerprint density at radius 2 is 1.86 bits per heavy atom. The van der Waals surface area contributed by atoms with E-state index in [0.29, 0.717) is 17.4 Å². The van der Waals surface area contributed by atoms with Gasteiger partial charge in [0.05, 0.1) is 5.60 Å². The standard InChI is InChI=1S/C18H21BrFNO/c1-18(2,22)13-6-3-11(4-7-13)16-8-5-12-9-14(19)10-15(20)17(12)21-16/h5,8-11,13,22H,3-4,6-7H2,1-2H3. The molecule has 1 aliphatic rings. The molecule has 118 valence electrons. The highest BCUT2D eigenvalue weighted by molar-refractivity contribution is 9.10. The van der Waals surface area contributed by atoms with E-state index < -0.39 is 5.60 Å². The van der Waals surface area contributed by atoms with Crippen molar-refractivity contribution in [3.05, 3.63) is 40.2 Å². The van der Waals surface area contributed by atoms with Gasteiger partial charge in [-0.2, -0.15) is 0 Å². The van der Waals surface area contributed by atoms with Crippen LogP contribution in [-0.4, -0.2) is 15.7 Å². The van der Waals surface area contributed by atoms with Crippen LogP contribution in [0.15, 0.2) is 28.7 Å². The summed E-state index contributed by atoms with van der Waals surface area (Å²) in [7, 11) is 0. The Kier molecular flexibility index (Phi) is 4.25. The molecule has 1 fully saturated rings. The van der Waals surface area contributed by atoms with E-state index in [1.807, 2.05) is 32.0 Å². The lowest BCUT2D eigenvalue weighted by Gasteiger charge is -2.35. The summed E-state index contributed by atoms with van der Waals surface area (Å²) in [6, 6.07) is 7.32. The minimum absolute atomic E-state index is 0.281. The highest BCUT2D eigenvalue weighted by Gasteiger charge is 2.32. The number of hydrogen-bond acceptors (Lipinski definition) is 2. The quantitative estimate of drug-likeness (QED) is 0.794. The number of nitrogens with zero attached hydrogens (tertiary/aromatic N) is 1. The second-order valence-electron chi connectivity index (χ2n) is 6.90. The first kappa shape index (κ1) is 15.9. The molecule has 1 aliphatic carbocycles. The second-order valence-corrected chi connectivity index (χ2v) is 7.81. The van der Waals surface area contributed by atoms with Crippen molar-refractivity contribution in [3.8, 4) is 0 Å². The highest BCUT2D eigenvalue weighted by atomic mass is 79.9. The third-order valence-corrected chi connectivity index (χ3v) is 5.33. The summed E-state index contributed by atoms with van der Waals surface area (Å²) >= 11 is 3.31. The second kappa shape index (κ2) is 5.89. The van der Waals surface area contributed by atoms with Crippen molar-refractivity contribution in [2.75, 3.05) is 0 Å². The summed E-state index contributed by atoms with van der Waals surface area (Å²) in [5.74, 6) is 0.430. The molecule has 0 radical (unpaired) electrons. The average Bonchev–Trinajstić information content (AvgIpc) is 2.46. The Morgan fingerprint density at radius 3 is 2.50 bits per heavy atom. The number of halogens is 2. The van der Waals surface area contributed by atoms with E-state index in [1.165, 1.54) is 6.07 Å². The Morgan fingerprint density at radius 1 is 1.18 bits per heavy atom. The molecule has 0 aliphatic heterocycles. The fraction of sp³-hybridized carbons (Fsp3) is 0.500. The summed E-state index contributed by atoms with van der Waals surface area (Å²) < 4.78 is 14.8. The molecule has 22 heavy (non-hydrogen) atoms. The summed E-state index contributed by atoms with van der Waals surface area (Å²) in [6.07, 6.45) is 4.00. The molecule has 1 aromatic carbocycles. The largest absolute Gasteiger partial charge is 0.390 e. The maximum absolute atomic E-state index is 14.1. The Bertz CT molecular complexity index is 687. The van der Waals surface area contributed by atoms with E-state index >= 15 is 0 Å². The van der Waals surface area contributed by atoms with E-state index in [9.17, 15) is 9.50 Å². The Balaban J connectivity index is 1.83. The molecule has 3 rings (SSSR count). The topological polar surface area (TPSA) is 33.1 Å². The lowest BCUT2D eigenvalue weighted by Crippen LogP contribution is -2.33. The van der Waals surface area contributed by atoms with Crippen LogP contribution in [0.2, 0.25) is 0 Å². The van der Waals surface area contributed by atoms with E-state index in [-0.39, 0.29) is 5.82 Å². The van der Waals surface area contributed by atoms with Gasteiger partial charge in [0.2, 0.25) is 0 Å². The molecule has 0 saturated heterocycles. The minimum atomic E-state index is -0.611. The maximum atomic E-state index is 14.1. The van der Waals surface area contributed by atoms with Gasteiger partial charge in [-0.1, -0.05) is 22.0 Å². The predicted molar refractivity (Wildman–Crippen MR) is 90.4 cm³/mol. The predicted octanol–water partition coefficient (Wildman–Crippen LogP) is 5.18. The Hall–Kier alpha value is -1.00. The van der Waals surface area contributed by atoms with E-state index in [4.69, 9.17) is 0 Å². The molecule has 1 N–H and O–H groups in total. The Labute approximate surface area is 138 Å². The van der Waals surface area contributed by atoms with Gasteiger partial charge in [-0.05, 0) is 63.6 Å². The van der Waals surface area contributed by atoms with Gasteiger partial charge < -0.3 is 5.11 Å². The van der Waals surface area contributed by atoms with Crippen molar-refractivity contribution in [1.82, 2.24) is 4.98 Å². The van der Waals surface area contributed by atoms with Crippen molar-refractivity contribution in [1.29, 1.82) is 0 Å². The third-order valence-electron chi connectivity index (χ3n) is 4.88. The van der Waals surface area contributed by atoms with Gasteiger partial charge in [0.15, 0.2) is 5.82 Å². The fourth-order valence-electron chi connectivity index (χ4n) is 3.50. The first-order valence-electron chi connectivity index (χ1n) is 7.82. The molecule has 1 aromatic heterocycles. The van der Waals surface area contributed by atoms with E-state index in [0.717, 1.165) is 41.2 Å². The number of aromatic nitrogens is 1. The normalized spacial score (nSPS) is 23.0. The number of pyridine rings is 1. The first-order chi connectivity index (χ1) is 10.3. The number of benzene rings is 1. The van der Waals surface area contributed by atoms with Crippen LogP contribution >= 0.6 is 15.9 Å². The summed E-state index contributed by atoms with van der Waals surface area (Å²) in [4.78, 5) is 4.57. The summed E-state index contributed by atoms with van der Waals surface area (Å²) in [5.41, 5.74) is 0.813. The van der Waals surface area contributed by atoms with Crippen LogP contribution in [0.4, 0.5) is 4.39 Å². The molecule has 2 aromatic rings. The molecule has 1 saturated carbocycles. The van der Waals surface area contributed by atoms with Crippen molar-refractivity contribution < 1.29 is 9.50 Å². The van der Waals surface area contributed by atoms with Crippen LogP contribution in [0.25, 0.3) is 10.9 Å². The van der Waals surface area contributed by atoms with Crippen LogP contribution in [0, 0.1) is 11.7 Å². The maximum Gasteiger partial charge on any atom is 0.150 e. The van der Waals surface area contributed by atoms with Gasteiger partial charge in [0.1, 0.15) is 5.52 Å². The molecule has 0 atom stereocenters. The highest BCUT2D eigenvalue weighted by Crippen LogP contribution is 2.39. The van der Waals surface area contributed by atoms with Gasteiger partial charge in [-0.3, -0.25) is 0 Å². The van der Waals surface area contributed by atoms with Crippen molar-refractivity contribution in [2.45, 2.75) is 51.0 Å². The van der Waals surface area contributed by atoms with Crippen molar-refractivity contribution >= 4 is 26.8 Å². The lowest BCUT2D eigenvalue weighted by atomic mass is 9.74. The van der Waals surface area contributed by atoms with Gasteiger partial charge >= 0.3 is 0 Å². The van der Waals surface area contributed by atoms with Crippen molar-refractivity contribution in [2.24, 2.45) is 5.92 Å². The van der Waals surface area contributed by atoms with Gasteiger partial charge in [0, 0.05) is 21.5 Å². The van der Waals surface area contributed by atoms with Gasteiger partial charge in [-0.15, -0.1) is 0 Å². The molecule has 4 heteroatoms. The average molecular weight is 366 g/mol. The van der Waals surface area contributed by atoms with Crippen LogP contribution in [-0.2, 0) is 0 Å². The molecule has 0 unspecified atom stereocenters. The fourth-order valence-corrected chi connectivity index (χ4v) is 3.94. The van der Waals surface area contributed by atoms with E-state index in [2.05, 4.69) is 20.9 Å². The number of rotatable bonds is 2. The smallest absolute Gasteiger partial charge is 0.150 e. The summed E-state index contributed by atoms with van der Waals surface area (Å²) in [5, 5.41) is 11.0. The molecule has 1 heterocycles. The van der Waals surface area contributed by atoms with Gasteiger partial charge in [-0.25, -0.2) is 9.37 Å². The number of fused-ring (bicyclic) bond motifs is 1. The first-order valence-corrected chi connectivity index (χ1v) is 8.62. The molecular weight excluding hydrogens is 345 g/mol.